The first-order chi connectivity index (χ1) is 14.8. The fourth-order valence-electron chi connectivity index (χ4n) is 8.50. The van der Waals surface area contributed by atoms with E-state index in [1.807, 2.05) is 0 Å². The van der Waals surface area contributed by atoms with Gasteiger partial charge in [0.25, 0.3) is 0 Å². The van der Waals surface area contributed by atoms with Gasteiger partial charge in [-0.05, 0) is 79.3 Å². The number of hydrogen-bond donors (Lipinski definition) is 2. The molecular formula is C26H46O5Si. The minimum absolute atomic E-state index is 0.0332. The van der Waals surface area contributed by atoms with Crippen molar-refractivity contribution in [1.82, 2.24) is 0 Å². The third-order valence-electron chi connectivity index (χ3n) is 11.6. The van der Waals surface area contributed by atoms with E-state index in [1.165, 1.54) is 6.42 Å². The van der Waals surface area contributed by atoms with Gasteiger partial charge in [-0.25, -0.2) is 0 Å². The molecule has 1 aliphatic heterocycles. The first kappa shape index (κ1) is 23.7. The second-order valence-electron chi connectivity index (χ2n) is 13.7. The third-order valence-corrected chi connectivity index (χ3v) is 16.0. The van der Waals surface area contributed by atoms with Gasteiger partial charge in [0.2, 0.25) is 0 Å². The van der Waals surface area contributed by atoms with E-state index in [9.17, 15) is 10.2 Å². The zero-order valence-electron chi connectivity index (χ0n) is 21.2. The lowest BCUT2D eigenvalue weighted by Crippen LogP contribution is -2.59. The number of rotatable bonds is 3. The van der Waals surface area contributed by atoms with Gasteiger partial charge in [-0.2, -0.15) is 0 Å². The van der Waals surface area contributed by atoms with Crippen molar-refractivity contribution in [3.8, 4) is 0 Å². The van der Waals surface area contributed by atoms with Gasteiger partial charge in [0.15, 0.2) is 14.1 Å². The fraction of sp³-hybridized carbons (Fsp3) is 1.00. The topological polar surface area (TPSA) is 68.2 Å². The molecule has 7 atom stereocenters. The van der Waals surface area contributed by atoms with E-state index in [-0.39, 0.29) is 40.3 Å². The van der Waals surface area contributed by atoms with Crippen molar-refractivity contribution in [3.05, 3.63) is 0 Å². The highest BCUT2D eigenvalue weighted by atomic mass is 28.4. The highest BCUT2D eigenvalue weighted by Crippen LogP contribution is 2.74. The largest absolute Gasteiger partial charge is 0.413 e. The van der Waals surface area contributed by atoms with Gasteiger partial charge in [0.05, 0.1) is 31.5 Å². The Morgan fingerprint density at radius 3 is 2.28 bits per heavy atom. The summed E-state index contributed by atoms with van der Waals surface area (Å²) in [6.07, 6.45) is 8.24. The minimum Gasteiger partial charge on any atom is -0.413 e. The van der Waals surface area contributed by atoms with Gasteiger partial charge in [-0.15, -0.1) is 0 Å². The molecule has 0 unspecified atom stereocenters. The maximum absolute atomic E-state index is 11.6. The quantitative estimate of drug-likeness (QED) is 0.582. The van der Waals surface area contributed by atoms with Crippen LogP contribution in [0.5, 0.6) is 0 Å². The van der Waals surface area contributed by atoms with Crippen LogP contribution in [0.25, 0.3) is 0 Å². The van der Waals surface area contributed by atoms with Crippen molar-refractivity contribution in [1.29, 1.82) is 0 Å². The Kier molecular flexibility index (Phi) is 5.39. The molecule has 4 aliphatic carbocycles. The molecule has 184 valence electrons. The van der Waals surface area contributed by atoms with E-state index in [0.717, 1.165) is 51.7 Å². The zero-order chi connectivity index (χ0) is 23.2. The Morgan fingerprint density at radius 1 is 0.969 bits per heavy atom. The molecule has 5 fully saturated rings. The van der Waals surface area contributed by atoms with Gasteiger partial charge in [-0.3, -0.25) is 0 Å². The maximum atomic E-state index is 11.6. The number of fused-ring (bicyclic) bond motifs is 2. The van der Waals surface area contributed by atoms with Crippen molar-refractivity contribution < 1.29 is 24.1 Å². The van der Waals surface area contributed by atoms with Crippen LogP contribution in [0.2, 0.25) is 18.1 Å². The molecule has 2 bridgehead atoms. The number of aliphatic hydroxyl groups is 2. The molecule has 0 radical (unpaired) electrons. The SMILES string of the molecule is CC(C)(C)[Si](C)(C)O[C@H]1[C@@H]2C[C@@]3(CC[C@]2(O)CO)[C@H]1CC[C@@H]1CC2(CC[C@@]13C)OCCO2. The summed E-state index contributed by atoms with van der Waals surface area (Å²) in [6.45, 7) is 15.4. The predicted molar refractivity (Wildman–Crippen MR) is 127 cm³/mol. The van der Waals surface area contributed by atoms with Gasteiger partial charge in [0.1, 0.15) is 0 Å². The van der Waals surface area contributed by atoms with Crippen molar-refractivity contribution >= 4 is 8.32 Å². The Morgan fingerprint density at radius 2 is 1.66 bits per heavy atom. The Balaban J connectivity index is 1.51. The zero-order valence-corrected chi connectivity index (χ0v) is 22.2. The summed E-state index contributed by atoms with van der Waals surface area (Å²) in [5, 5.41) is 22.0. The predicted octanol–water partition coefficient (Wildman–Crippen LogP) is 4.86. The molecule has 5 rings (SSSR count). The molecule has 0 aromatic carbocycles. The van der Waals surface area contributed by atoms with Crippen LogP contribution >= 0.6 is 0 Å². The molecule has 6 heteroatoms. The molecular weight excluding hydrogens is 420 g/mol. The van der Waals surface area contributed by atoms with Crippen LogP contribution in [0.4, 0.5) is 0 Å². The van der Waals surface area contributed by atoms with E-state index in [1.54, 1.807) is 0 Å². The van der Waals surface area contributed by atoms with Crippen LogP contribution in [-0.4, -0.2) is 55.8 Å². The van der Waals surface area contributed by atoms with Crippen LogP contribution in [0, 0.1) is 28.6 Å². The monoisotopic (exact) mass is 466 g/mol. The molecule has 2 spiro atoms. The van der Waals surface area contributed by atoms with Crippen LogP contribution in [0.3, 0.4) is 0 Å². The Labute approximate surface area is 195 Å². The van der Waals surface area contributed by atoms with Gasteiger partial charge in [-0.1, -0.05) is 27.7 Å². The lowest BCUT2D eigenvalue weighted by molar-refractivity contribution is -0.242. The van der Waals surface area contributed by atoms with Crippen molar-refractivity contribution in [3.63, 3.8) is 0 Å². The molecule has 0 amide bonds. The summed E-state index contributed by atoms with van der Waals surface area (Å²) in [4.78, 5) is 0. The molecule has 0 aromatic rings. The van der Waals surface area contributed by atoms with Crippen LogP contribution < -0.4 is 0 Å². The second-order valence-corrected chi connectivity index (χ2v) is 18.4. The Hall–Kier alpha value is 0.0169. The molecule has 0 aromatic heterocycles. The summed E-state index contributed by atoms with van der Waals surface area (Å²) in [5.74, 6) is 0.760. The van der Waals surface area contributed by atoms with E-state index in [0.29, 0.717) is 18.3 Å². The van der Waals surface area contributed by atoms with Crippen LogP contribution in [0.1, 0.15) is 79.1 Å². The first-order valence-corrected chi connectivity index (χ1v) is 16.0. The lowest BCUT2D eigenvalue weighted by Gasteiger charge is -2.63. The van der Waals surface area contributed by atoms with Crippen molar-refractivity contribution in [2.24, 2.45) is 28.6 Å². The van der Waals surface area contributed by atoms with Crippen LogP contribution in [0.15, 0.2) is 0 Å². The molecule has 2 N–H and O–H groups in total. The second kappa shape index (κ2) is 7.27. The van der Waals surface area contributed by atoms with E-state index < -0.39 is 13.9 Å². The molecule has 4 saturated carbocycles. The number of ether oxygens (including phenoxy) is 2. The lowest BCUT2D eigenvalue weighted by atomic mass is 9.43. The molecule has 1 heterocycles. The Bertz CT molecular complexity index is 743. The smallest absolute Gasteiger partial charge is 0.192 e. The normalized spacial score (nSPS) is 48.0. The highest BCUT2D eigenvalue weighted by Gasteiger charge is 2.72. The summed E-state index contributed by atoms with van der Waals surface area (Å²) in [7, 11) is -2.01. The standard InChI is InChI=1S/C26H46O5Si/c1-22(2,3)32(5,6)31-21-19-8-7-18-15-26(29-13-14-30-26)12-9-23(18,4)24(19)10-11-25(28,17-27)20(21)16-24/h18-21,27-28H,7-17H2,1-6H3/t18-,19+,20+,21-,23+,24+,25+/m1/s1. The number of hydrogen-bond acceptors (Lipinski definition) is 5. The summed E-state index contributed by atoms with van der Waals surface area (Å²) in [5.41, 5.74) is -0.596. The average Bonchev–Trinajstić information content (AvgIpc) is 3.28. The fourth-order valence-corrected chi connectivity index (χ4v) is 9.86. The third kappa shape index (κ3) is 3.12. The van der Waals surface area contributed by atoms with Crippen molar-refractivity contribution in [2.45, 2.75) is 115 Å². The van der Waals surface area contributed by atoms with E-state index in [2.05, 4.69) is 40.8 Å². The van der Waals surface area contributed by atoms with Gasteiger partial charge >= 0.3 is 0 Å². The summed E-state index contributed by atoms with van der Waals surface area (Å²) >= 11 is 0. The van der Waals surface area contributed by atoms with E-state index in [4.69, 9.17) is 13.9 Å². The van der Waals surface area contributed by atoms with Crippen molar-refractivity contribution in [2.75, 3.05) is 19.8 Å². The van der Waals surface area contributed by atoms with Gasteiger partial charge in [0, 0.05) is 18.8 Å². The van der Waals surface area contributed by atoms with Gasteiger partial charge < -0.3 is 24.1 Å². The molecule has 1 saturated heterocycles. The molecule has 5 nitrogen and oxygen atoms in total. The van der Waals surface area contributed by atoms with E-state index >= 15 is 0 Å². The number of aliphatic hydroxyl groups excluding tert-OH is 1. The first-order valence-electron chi connectivity index (χ1n) is 13.1. The summed E-state index contributed by atoms with van der Waals surface area (Å²) < 4.78 is 19.5. The molecule has 32 heavy (non-hydrogen) atoms. The average molecular weight is 467 g/mol. The maximum Gasteiger partial charge on any atom is 0.192 e. The molecule has 5 aliphatic rings. The highest BCUT2D eigenvalue weighted by molar-refractivity contribution is 6.74. The van der Waals surface area contributed by atoms with Crippen LogP contribution in [-0.2, 0) is 13.9 Å². The summed E-state index contributed by atoms with van der Waals surface area (Å²) in [6, 6.07) is 0. The minimum atomic E-state index is -2.01.